The molecule has 1 aliphatic rings. The van der Waals surface area contributed by atoms with Crippen LogP contribution in [-0.4, -0.2) is 30.6 Å². The Balaban J connectivity index is 2.11. The van der Waals surface area contributed by atoms with Crippen LogP contribution in [0.2, 0.25) is 0 Å². The zero-order chi connectivity index (χ0) is 12.8. The number of para-hydroxylation sites is 1. The Kier molecular flexibility index (Phi) is 4.62. The van der Waals surface area contributed by atoms with E-state index in [2.05, 4.69) is 6.92 Å². The van der Waals surface area contributed by atoms with Crippen LogP contribution in [0.4, 0.5) is 10.5 Å². The van der Waals surface area contributed by atoms with Crippen molar-refractivity contribution in [2.75, 3.05) is 24.5 Å². The summed E-state index contributed by atoms with van der Waals surface area (Å²) < 4.78 is 0. The third-order valence-corrected chi connectivity index (χ3v) is 3.37. The second-order valence-electron chi connectivity index (χ2n) is 4.82. The molecule has 1 heterocycles. The number of urea groups is 1. The Morgan fingerprint density at radius 2 is 1.83 bits per heavy atom. The maximum Gasteiger partial charge on any atom is 0.324 e. The standard InChI is InChI=1S/C15H22N2O/c1-2-11-17(14-9-5-3-6-10-14)15(18)16-12-7-4-8-13-16/h3,5-6,9-10H,2,4,7-8,11-13H2,1H3. The number of rotatable bonds is 3. The summed E-state index contributed by atoms with van der Waals surface area (Å²) in [5.41, 5.74) is 1.01. The Bertz CT molecular complexity index is 371. The van der Waals surface area contributed by atoms with E-state index < -0.39 is 0 Å². The summed E-state index contributed by atoms with van der Waals surface area (Å²) in [4.78, 5) is 16.4. The van der Waals surface area contributed by atoms with E-state index in [0.29, 0.717) is 0 Å². The van der Waals surface area contributed by atoms with E-state index in [0.717, 1.165) is 44.6 Å². The Morgan fingerprint density at radius 3 is 2.44 bits per heavy atom. The lowest BCUT2D eigenvalue weighted by atomic mass is 10.1. The molecule has 0 atom stereocenters. The fraction of sp³-hybridized carbons (Fsp3) is 0.533. The SMILES string of the molecule is CCCN(C(=O)N1CCCCC1)c1ccccc1. The summed E-state index contributed by atoms with van der Waals surface area (Å²) in [7, 11) is 0. The number of carbonyl (C=O) groups is 1. The molecule has 3 nitrogen and oxygen atoms in total. The summed E-state index contributed by atoms with van der Waals surface area (Å²) in [5.74, 6) is 0. The minimum absolute atomic E-state index is 0.169. The molecule has 1 aromatic carbocycles. The van der Waals surface area contributed by atoms with Crippen LogP contribution in [0.1, 0.15) is 32.6 Å². The molecule has 98 valence electrons. The minimum atomic E-state index is 0.169. The summed E-state index contributed by atoms with van der Waals surface area (Å²) in [6.07, 6.45) is 4.51. The van der Waals surface area contributed by atoms with Crippen LogP contribution in [0.15, 0.2) is 30.3 Å². The van der Waals surface area contributed by atoms with Crippen LogP contribution >= 0.6 is 0 Å². The van der Waals surface area contributed by atoms with Gasteiger partial charge in [0.25, 0.3) is 0 Å². The Morgan fingerprint density at radius 1 is 1.17 bits per heavy atom. The van der Waals surface area contributed by atoms with Gasteiger partial charge in [0, 0.05) is 25.3 Å². The Hall–Kier alpha value is -1.51. The van der Waals surface area contributed by atoms with Crippen molar-refractivity contribution < 1.29 is 4.79 Å². The first-order chi connectivity index (χ1) is 8.83. The second-order valence-corrected chi connectivity index (χ2v) is 4.82. The molecule has 1 fully saturated rings. The van der Waals surface area contributed by atoms with Crippen LogP contribution in [0.3, 0.4) is 0 Å². The second kappa shape index (κ2) is 6.43. The lowest BCUT2D eigenvalue weighted by molar-refractivity contribution is 0.193. The van der Waals surface area contributed by atoms with E-state index in [4.69, 9.17) is 0 Å². The van der Waals surface area contributed by atoms with E-state index in [9.17, 15) is 4.79 Å². The lowest BCUT2D eigenvalue weighted by Gasteiger charge is -2.33. The third-order valence-electron chi connectivity index (χ3n) is 3.37. The predicted molar refractivity (Wildman–Crippen MR) is 74.9 cm³/mol. The van der Waals surface area contributed by atoms with Gasteiger partial charge in [0.15, 0.2) is 0 Å². The molecule has 3 heteroatoms. The number of hydrogen-bond acceptors (Lipinski definition) is 1. The van der Waals surface area contributed by atoms with Gasteiger partial charge in [-0.3, -0.25) is 4.90 Å². The van der Waals surface area contributed by atoms with Crippen molar-refractivity contribution in [2.45, 2.75) is 32.6 Å². The highest BCUT2D eigenvalue weighted by atomic mass is 16.2. The van der Waals surface area contributed by atoms with Crippen LogP contribution in [-0.2, 0) is 0 Å². The molecule has 0 radical (unpaired) electrons. The van der Waals surface area contributed by atoms with E-state index in [1.54, 1.807) is 0 Å². The van der Waals surface area contributed by atoms with Crippen LogP contribution in [0.25, 0.3) is 0 Å². The molecule has 2 rings (SSSR count). The van der Waals surface area contributed by atoms with Gasteiger partial charge in [-0.15, -0.1) is 0 Å². The molecule has 0 unspecified atom stereocenters. The first kappa shape index (κ1) is 12.9. The van der Waals surface area contributed by atoms with E-state index in [-0.39, 0.29) is 6.03 Å². The van der Waals surface area contributed by atoms with Crippen molar-refractivity contribution in [2.24, 2.45) is 0 Å². The summed E-state index contributed by atoms with van der Waals surface area (Å²) in [5, 5.41) is 0. The van der Waals surface area contributed by atoms with Crippen LogP contribution < -0.4 is 4.90 Å². The molecule has 0 bridgehead atoms. The van der Waals surface area contributed by atoms with E-state index >= 15 is 0 Å². The minimum Gasteiger partial charge on any atom is -0.324 e. The number of carbonyl (C=O) groups excluding carboxylic acids is 1. The zero-order valence-corrected chi connectivity index (χ0v) is 11.1. The quantitative estimate of drug-likeness (QED) is 0.800. The first-order valence-electron chi connectivity index (χ1n) is 6.94. The topological polar surface area (TPSA) is 23.6 Å². The van der Waals surface area contributed by atoms with Gasteiger partial charge in [0.1, 0.15) is 0 Å². The molecule has 18 heavy (non-hydrogen) atoms. The van der Waals surface area contributed by atoms with Gasteiger partial charge in [-0.25, -0.2) is 4.79 Å². The molecule has 0 N–H and O–H groups in total. The number of hydrogen-bond donors (Lipinski definition) is 0. The van der Waals surface area contributed by atoms with Gasteiger partial charge in [-0.2, -0.15) is 0 Å². The maximum atomic E-state index is 12.5. The number of amides is 2. The zero-order valence-electron chi connectivity index (χ0n) is 11.1. The Labute approximate surface area is 109 Å². The highest BCUT2D eigenvalue weighted by molar-refractivity contribution is 5.92. The summed E-state index contributed by atoms with van der Waals surface area (Å²) in [6.45, 7) is 4.72. The molecular weight excluding hydrogens is 224 g/mol. The number of likely N-dealkylation sites (tertiary alicyclic amines) is 1. The number of nitrogens with zero attached hydrogens (tertiary/aromatic N) is 2. The molecule has 0 saturated carbocycles. The highest BCUT2D eigenvalue weighted by Gasteiger charge is 2.22. The number of anilines is 1. The highest BCUT2D eigenvalue weighted by Crippen LogP contribution is 2.18. The van der Waals surface area contributed by atoms with Gasteiger partial charge in [-0.05, 0) is 37.8 Å². The molecule has 0 aromatic heterocycles. The van der Waals surface area contributed by atoms with Crippen LogP contribution in [0.5, 0.6) is 0 Å². The molecule has 0 spiro atoms. The van der Waals surface area contributed by atoms with Crippen molar-refractivity contribution in [1.82, 2.24) is 4.90 Å². The van der Waals surface area contributed by atoms with Crippen molar-refractivity contribution >= 4 is 11.7 Å². The number of piperidine rings is 1. The third kappa shape index (κ3) is 3.03. The van der Waals surface area contributed by atoms with Crippen molar-refractivity contribution in [1.29, 1.82) is 0 Å². The normalized spacial score (nSPS) is 15.5. The summed E-state index contributed by atoms with van der Waals surface area (Å²) >= 11 is 0. The summed E-state index contributed by atoms with van der Waals surface area (Å²) in [6, 6.07) is 10.2. The van der Waals surface area contributed by atoms with E-state index in [1.165, 1.54) is 6.42 Å². The maximum absolute atomic E-state index is 12.5. The van der Waals surface area contributed by atoms with Crippen LogP contribution in [0, 0.1) is 0 Å². The van der Waals surface area contributed by atoms with Gasteiger partial charge in [0.2, 0.25) is 0 Å². The van der Waals surface area contributed by atoms with Gasteiger partial charge >= 0.3 is 6.03 Å². The van der Waals surface area contributed by atoms with Crippen molar-refractivity contribution in [3.63, 3.8) is 0 Å². The fourth-order valence-corrected chi connectivity index (χ4v) is 2.42. The fourth-order valence-electron chi connectivity index (χ4n) is 2.42. The van der Waals surface area contributed by atoms with Gasteiger partial charge < -0.3 is 4.90 Å². The average Bonchev–Trinajstić information content (AvgIpc) is 2.46. The molecule has 1 saturated heterocycles. The first-order valence-corrected chi connectivity index (χ1v) is 6.94. The molecular formula is C15H22N2O. The van der Waals surface area contributed by atoms with Crippen molar-refractivity contribution in [3.8, 4) is 0 Å². The molecule has 2 amide bonds. The largest absolute Gasteiger partial charge is 0.324 e. The van der Waals surface area contributed by atoms with Gasteiger partial charge in [-0.1, -0.05) is 25.1 Å². The average molecular weight is 246 g/mol. The monoisotopic (exact) mass is 246 g/mol. The van der Waals surface area contributed by atoms with Gasteiger partial charge in [0.05, 0.1) is 0 Å². The smallest absolute Gasteiger partial charge is 0.324 e. The lowest BCUT2D eigenvalue weighted by Crippen LogP contribution is -2.46. The predicted octanol–water partition coefficient (Wildman–Crippen LogP) is 3.51. The molecule has 1 aliphatic heterocycles. The molecule has 1 aromatic rings. The molecule has 0 aliphatic carbocycles. The van der Waals surface area contributed by atoms with E-state index in [1.807, 2.05) is 40.1 Å². The number of benzene rings is 1. The van der Waals surface area contributed by atoms with Crippen molar-refractivity contribution in [3.05, 3.63) is 30.3 Å².